The van der Waals surface area contributed by atoms with Gasteiger partial charge in [0, 0.05) is 5.57 Å². The van der Waals surface area contributed by atoms with E-state index in [1.54, 1.807) is 6.92 Å². The van der Waals surface area contributed by atoms with E-state index in [4.69, 9.17) is 9.47 Å². The fourth-order valence-corrected chi connectivity index (χ4v) is 1.31. The molecule has 0 saturated heterocycles. The van der Waals surface area contributed by atoms with Gasteiger partial charge in [0.1, 0.15) is 6.61 Å². The third-order valence-corrected chi connectivity index (χ3v) is 2.29. The van der Waals surface area contributed by atoms with Crippen LogP contribution in [0, 0.1) is 5.92 Å². The molecule has 114 valence electrons. The van der Waals surface area contributed by atoms with Gasteiger partial charge in [0.2, 0.25) is 5.91 Å². The Balaban J connectivity index is 4.25. The minimum atomic E-state index is -1.30. The molecule has 0 fully saturated rings. The Labute approximate surface area is 117 Å². The molecule has 0 bridgehead atoms. The van der Waals surface area contributed by atoms with Crippen LogP contribution in [0.2, 0.25) is 0 Å². The maximum Gasteiger partial charge on any atom is 0.333 e. The average molecular weight is 287 g/mol. The smallest absolute Gasteiger partial charge is 0.333 e. The van der Waals surface area contributed by atoms with Crippen LogP contribution in [0.1, 0.15) is 20.8 Å². The van der Waals surface area contributed by atoms with Crippen LogP contribution in [0.3, 0.4) is 0 Å². The predicted octanol–water partition coefficient (Wildman–Crippen LogP) is -0.218. The number of carbonyl (C=O) groups is 3. The third-order valence-electron chi connectivity index (χ3n) is 2.29. The number of ether oxygens (including phenoxy) is 2. The minimum absolute atomic E-state index is 0.0283. The van der Waals surface area contributed by atoms with E-state index in [9.17, 15) is 19.5 Å². The van der Waals surface area contributed by atoms with Crippen molar-refractivity contribution in [1.82, 2.24) is 5.32 Å². The molecule has 0 aromatic carbocycles. The molecule has 0 spiro atoms. The average Bonchev–Trinajstić information content (AvgIpc) is 2.34. The Morgan fingerprint density at radius 2 is 1.90 bits per heavy atom. The first-order valence-electron chi connectivity index (χ1n) is 6.26. The van der Waals surface area contributed by atoms with Crippen LogP contribution < -0.4 is 5.32 Å². The predicted molar refractivity (Wildman–Crippen MR) is 70.6 cm³/mol. The molecule has 2 atom stereocenters. The summed E-state index contributed by atoms with van der Waals surface area (Å²) in [4.78, 5) is 34.3. The molecule has 7 heteroatoms. The van der Waals surface area contributed by atoms with Gasteiger partial charge < -0.3 is 19.9 Å². The number of hydrogen-bond acceptors (Lipinski definition) is 6. The largest absolute Gasteiger partial charge is 0.465 e. The minimum Gasteiger partial charge on any atom is -0.465 e. The number of aliphatic hydroxyl groups is 1. The van der Waals surface area contributed by atoms with Crippen molar-refractivity contribution in [3.8, 4) is 0 Å². The van der Waals surface area contributed by atoms with E-state index in [1.807, 2.05) is 0 Å². The van der Waals surface area contributed by atoms with Gasteiger partial charge in [0.25, 0.3) is 0 Å². The maximum atomic E-state index is 11.7. The molecule has 0 radical (unpaired) electrons. The van der Waals surface area contributed by atoms with E-state index < -0.39 is 29.9 Å². The second-order valence-corrected chi connectivity index (χ2v) is 4.18. The summed E-state index contributed by atoms with van der Waals surface area (Å²) in [5.74, 6) is -3.33. The highest BCUT2D eigenvalue weighted by atomic mass is 16.5. The van der Waals surface area contributed by atoms with Gasteiger partial charge in [0.05, 0.1) is 19.3 Å². The summed E-state index contributed by atoms with van der Waals surface area (Å²) in [6.07, 6.45) is -1.17. The van der Waals surface area contributed by atoms with E-state index in [0.29, 0.717) is 0 Å². The number of nitrogens with one attached hydrogen (secondary N) is 1. The van der Waals surface area contributed by atoms with E-state index in [2.05, 4.69) is 11.9 Å². The SMILES string of the molecule is C=C(C)C(=O)OCCNC(=O)C(C(=O)OCC)C(C)O. The molecule has 0 aromatic heterocycles. The first-order chi connectivity index (χ1) is 9.31. The Morgan fingerprint density at radius 1 is 1.30 bits per heavy atom. The molecule has 2 unspecified atom stereocenters. The molecule has 0 heterocycles. The molecule has 1 amide bonds. The highest BCUT2D eigenvalue weighted by Crippen LogP contribution is 2.06. The molecule has 7 nitrogen and oxygen atoms in total. The molecule has 2 N–H and O–H groups in total. The Kier molecular flexibility index (Phi) is 8.23. The molecule has 0 aliphatic carbocycles. The zero-order chi connectivity index (χ0) is 15.7. The van der Waals surface area contributed by atoms with Crippen molar-refractivity contribution in [2.24, 2.45) is 5.92 Å². The Hall–Kier alpha value is -1.89. The van der Waals surface area contributed by atoms with Gasteiger partial charge in [0.15, 0.2) is 5.92 Å². The van der Waals surface area contributed by atoms with E-state index in [-0.39, 0.29) is 25.3 Å². The summed E-state index contributed by atoms with van der Waals surface area (Å²) in [5.41, 5.74) is 0.254. The molecular formula is C13H21NO6. The summed E-state index contributed by atoms with van der Waals surface area (Å²) in [5, 5.41) is 11.8. The maximum absolute atomic E-state index is 11.7. The summed E-state index contributed by atoms with van der Waals surface area (Å²) < 4.78 is 9.48. The summed E-state index contributed by atoms with van der Waals surface area (Å²) >= 11 is 0. The zero-order valence-corrected chi connectivity index (χ0v) is 12.0. The number of carbonyl (C=O) groups excluding carboxylic acids is 3. The lowest BCUT2D eigenvalue weighted by Gasteiger charge is -2.17. The number of aliphatic hydroxyl groups excluding tert-OH is 1. The summed E-state index contributed by atoms with van der Waals surface area (Å²) in [6.45, 7) is 7.93. The Morgan fingerprint density at radius 3 is 2.35 bits per heavy atom. The first-order valence-corrected chi connectivity index (χ1v) is 6.26. The molecule has 0 aliphatic rings. The first kappa shape index (κ1) is 18.1. The van der Waals surface area contributed by atoms with Crippen molar-refractivity contribution in [1.29, 1.82) is 0 Å². The van der Waals surface area contributed by atoms with Gasteiger partial charge in [-0.15, -0.1) is 0 Å². The second kappa shape index (κ2) is 9.08. The van der Waals surface area contributed by atoms with Gasteiger partial charge in [-0.1, -0.05) is 6.58 Å². The molecular weight excluding hydrogens is 266 g/mol. The number of amides is 1. The molecule has 0 rings (SSSR count). The van der Waals surface area contributed by atoms with Crippen molar-refractivity contribution in [3.63, 3.8) is 0 Å². The molecule has 0 aromatic rings. The van der Waals surface area contributed by atoms with Gasteiger partial charge in [-0.2, -0.15) is 0 Å². The van der Waals surface area contributed by atoms with Crippen molar-refractivity contribution in [2.45, 2.75) is 26.9 Å². The van der Waals surface area contributed by atoms with Crippen molar-refractivity contribution < 1.29 is 29.0 Å². The summed E-state index contributed by atoms with van der Waals surface area (Å²) in [6, 6.07) is 0. The van der Waals surface area contributed by atoms with Crippen LogP contribution in [0.4, 0.5) is 0 Å². The zero-order valence-electron chi connectivity index (χ0n) is 12.0. The van der Waals surface area contributed by atoms with Crippen molar-refractivity contribution in [3.05, 3.63) is 12.2 Å². The standard InChI is InChI=1S/C13H21NO6/c1-5-19-13(18)10(9(4)15)11(16)14-6-7-20-12(17)8(2)3/h9-10,15H,2,5-7H2,1,3-4H3,(H,14,16). The lowest BCUT2D eigenvalue weighted by atomic mass is 10.0. The van der Waals surface area contributed by atoms with Gasteiger partial charge in [-0.3, -0.25) is 9.59 Å². The lowest BCUT2D eigenvalue weighted by Crippen LogP contribution is -2.43. The lowest BCUT2D eigenvalue weighted by molar-refractivity contribution is -0.156. The summed E-state index contributed by atoms with van der Waals surface area (Å²) in [7, 11) is 0. The Bertz CT molecular complexity index is 377. The highest BCUT2D eigenvalue weighted by Gasteiger charge is 2.32. The normalized spacial score (nSPS) is 13.0. The quantitative estimate of drug-likeness (QED) is 0.277. The fraction of sp³-hybridized carbons (Fsp3) is 0.615. The third kappa shape index (κ3) is 6.33. The van der Waals surface area contributed by atoms with Crippen LogP contribution in [0.15, 0.2) is 12.2 Å². The van der Waals surface area contributed by atoms with Gasteiger partial charge >= 0.3 is 11.9 Å². The monoisotopic (exact) mass is 287 g/mol. The van der Waals surface area contributed by atoms with Crippen LogP contribution in [0.5, 0.6) is 0 Å². The van der Waals surface area contributed by atoms with Crippen molar-refractivity contribution >= 4 is 17.8 Å². The van der Waals surface area contributed by atoms with Crippen molar-refractivity contribution in [2.75, 3.05) is 19.8 Å². The van der Waals surface area contributed by atoms with E-state index in [1.165, 1.54) is 13.8 Å². The molecule has 0 aliphatic heterocycles. The second-order valence-electron chi connectivity index (χ2n) is 4.18. The van der Waals surface area contributed by atoms with E-state index >= 15 is 0 Å². The topological polar surface area (TPSA) is 102 Å². The van der Waals surface area contributed by atoms with E-state index in [0.717, 1.165) is 0 Å². The van der Waals surface area contributed by atoms with Crippen LogP contribution in [0.25, 0.3) is 0 Å². The molecule has 20 heavy (non-hydrogen) atoms. The van der Waals surface area contributed by atoms with Gasteiger partial charge in [-0.05, 0) is 20.8 Å². The number of esters is 2. The molecule has 0 saturated carbocycles. The van der Waals surface area contributed by atoms with Crippen LogP contribution in [-0.4, -0.2) is 48.8 Å². The van der Waals surface area contributed by atoms with Crippen LogP contribution >= 0.6 is 0 Å². The van der Waals surface area contributed by atoms with Crippen LogP contribution in [-0.2, 0) is 23.9 Å². The number of hydrogen-bond donors (Lipinski definition) is 2. The fourth-order valence-electron chi connectivity index (χ4n) is 1.31. The highest BCUT2D eigenvalue weighted by molar-refractivity contribution is 5.98. The van der Waals surface area contributed by atoms with Gasteiger partial charge in [-0.25, -0.2) is 4.79 Å². The number of rotatable bonds is 8.